The summed E-state index contributed by atoms with van der Waals surface area (Å²) in [5.41, 5.74) is 2.29. The smallest absolute Gasteiger partial charge is 0.254 e. The van der Waals surface area contributed by atoms with Gasteiger partial charge in [-0.3, -0.25) is 9.59 Å². The zero-order valence-electron chi connectivity index (χ0n) is 14.6. The minimum atomic E-state index is -0.151. The van der Waals surface area contributed by atoms with E-state index in [1.807, 2.05) is 42.2 Å². The second-order valence-corrected chi connectivity index (χ2v) is 6.34. The number of nitrogens with one attached hydrogen (secondary N) is 1. The van der Waals surface area contributed by atoms with Crippen LogP contribution in [0.3, 0.4) is 0 Å². The lowest BCUT2D eigenvalue weighted by Crippen LogP contribution is -2.38. The highest BCUT2D eigenvalue weighted by molar-refractivity contribution is 5.95. The largest absolute Gasteiger partial charge is 0.350 e. The molecule has 0 unspecified atom stereocenters. The fourth-order valence-corrected chi connectivity index (χ4v) is 3.14. The number of benzene rings is 1. The molecule has 0 spiro atoms. The van der Waals surface area contributed by atoms with Gasteiger partial charge in [0.1, 0.15) is 0 Å². The molecule has 2 aromatic rings. The molecule has 1 aromatic heterocycles. The summed E-state index contributed by atoms with van der Waals surface area (Å²) in [7, 11) is 0. The van der Waals surface area contributed by atoms with Crippen molar-refractivity contribution >= 4 is 11.8 Å². The third-order valence-electron chi connectivity index (χ3n) is 4.59. The SMILES string of the molecule is Cc1c(C(=O)NCCN2CCCCCC2=O)cnn1-c1ccccc1. The Labute approximate surface area is 147 Å². The highest BCUT2D eigenvalue weighted by Crippen LogP contribution is 2.14. The summed E-state index contributed by atoms with van der Waals surface area (Å²) in [4.78, 5) is 26.3. The highest BCUT2D eigenvalue weighted by atomic mass is 16.2. The molecule has 25 heavy (non-hydrogen) atoms. The van der Waals surface area contributed by atoms with E-state index in [-0.39, 0.29) is 11.8 Å². The van der Waals surface area contributed by atoms with Gasteiger partial charge in [-0.15, -0.1) is 0 Å². The maximum atomic E-state index is 12.4. The van der Waals surface area contributed by atoms with Gasteiger partial charge in [-0.25, -0.2) is 4.68 Å². The van der Waals surface area contributed by atoms with Gasteiger partial charge in [0.25, 0.3) is 5.91 Å². The summed E-state index contributed by atoms with van der Waals surface area (Å²) in [6, 6.07) is 9.72. The highest BCUT2D eigenvalue weighted by Gasteiger charge is 2.18. The topological polar surface area (TPSA) is 67.2 Å². The molecule has 0 atom stereocenters. The molecule has 3 rings (SSSR count). The first-order valence-electron chi connectivity index (χ1n) is 8.83. The lowest BCUT2D eigenvalue weighted by Gasteiger charge is -2.20. The quantitative estimate of drug-likeness (QED) is 0.908. The Bertz CT molecular complexity index is 739. The molecule has 1 aliphatic heterocycles. The first kappa shape index (κ1) is 17.2. The summed E-state index contributed by atoms with van der Waals surface area (Å²) in [6.45, 7) is 3.70. The molecule has 1 saturated heterocycles. The molecular weight excluding hydrogens is 316 g/mol. The fraction of sp³-hybridized carbons (Fsp3) is 0.421. The van der Waals surface area contributed by atoms with Gasteiger partial charge in [0.2, 0.25) is 5.91 Å². The summed E-state index contributed by atoms with van der Waals surface area (Å²) >= 11 is 0. The van der Waals surface area contributed by atoms with Crippen LogP contribution in [-0.2, 0) is 4.79 Å². The molecule has 1 fully saturated rings. The summed E-state index contributed by atoms with van der Waals surface area (Å²) in [5, 5.41) is 7.23. The Morgan fingerprint density at radius 1 is 1.20 bits per heavy atom. The molecule has 6 nitrogen and oxygen atoms in total. The number of hydrogen-bond acceptors (Lipinski definition) is 3. The summed E-state index contributed by atoms with van der Waals surface area (Å²) < 4.78 is 1.76. The van der Waals surface area contributed by atoms with E-state index in [4.69, 9.17) is 0 Å². The third kappa shape index (κ3) is 4.07. The van der Waals surface area contributed by atoms with Crippen LogP contribution in [0, 0.1) is 6.92 Å². The van der Waals surface area contributed by atoms with E-state index in [1.54, 1.807) is 10.9 Å². The third-order valence-corrected chi connectivity index (χ3v) is 4.59. The first-order valence-corrected chi connectivity index (χ1v) is 8.83. The average Bonchev–Trinajstić information content (AvgIpc) is 2.89. The number of nitrogens with zero attached hydrogens (tertiary/aromatic N) is 3. The monoisotopic (exact) mass is 340 g/mol. The van der Waals surface area contributed by atoms with E-state index in [1.165, 1.54) is 0 Å². The number of likely N-dealkylation sites (tertiary alicyclic amines) is 1. The number of amides is 2. The second-order valence-electron chi connectivity index (χ2n) is 6.34. The normalized spacial score (nSPS) is 15.1. The van der Waals surface area contributed by atoms with Gasteiger partial charge in [-0.2, -0.15) is 5.10 Å². The predicted molar refractivity (Wildman–Crippen MR) is 95.7 cm³/mol. The summed E-state index contributed by atoms with van der Waals surface area (Å²) in [5.74, 6) is 0.0433. The van der Waals surface area contributed by atoms with Crippen molar-refractivity contribution < 1.29 is 9.59 Å². The molecule has 2 heterocycles. The van der Waals surface area contributed by atoms with Crippen molar-refractivity contribution in [3.63, 3.8) is 0 Å². The van der Waals surface area contributed by atoms with Crippen LogP contribution in [0.25, 0.3) is 5.69 Å². The molecule has 0 radical (unpaired) electrons. The molecule has 2 amide bonds. The zero-order valence-corrected chi connectivity index (χ0v) is 14.6. The van der Waals surface area contributed by atoms with E-state index < -0.39 is 0 Å². The van der Waals surface area contributed by atoms with Crippen molar-refractivity contribution in [2.75, 3.05) is 19.6 Å². The van der Waals surface area contributed by atoms with Crippen LogP contribution in [0.4, 0.5) is 0 Å². The molecule has 0 aliphatic carbocycles. The Balaban J connectivity index is 1.59. The molecule has 132 valence electrons. The van der Waals surface area contributed by atoms with Crippen molar-refractivity contribution in [2.24, 2.45) is 0 Å². The standard InChI is InChI=1S/C19H24N4O2/c1-15-17(14-21-23(15)16-8-4-2-5-9-16)19(25)20-11-13-22-12-7-3-6-10-18(22)24/h2,4-5,8-9,14H,3,6-7,10-13H2,1H3,(H,20,25). The Morgan fingerprint density at radius 2 is 2.00 bits per heavy atom. The molecule has 0 saturated carbocycles. The van der Waals surface area contributed by atoms with E-state index >= 15 is 0 Å². The van der Waals surface area contributed by atoms with Gasteiger partial charge in [0, 0.05) is 26.1 Å². The Morgan fingerprint density at radius 3 is 2.80 bits per heavy atom. The minimum absolute atomic E-state index is 0.151. The predicted octanol–water partition coefficient (Wildman–Crippen LogP) is 2.31. The minimum Gasteiger partial charge on any atom is -0.350 e. The lowest BCUT2D eigenvalue weighted by atomic mass is 10.2. The van der Waals surface area contributed by atoms with Crippen molar-refractivity contribution in [1.29, 1.82) is 0 Å². The number of carbonyl (C=O) groups excluding carboxylic acids is 2. The second kappa shape index (κ2) is 7.96. The fourth-order valence-electron chi connectivity index (χ4n) is 3.14. The van der Waals surface area contributed by atoms with E-state index in [2.05, 4.69) is 10.4 Å². The van der Waals surface area contributed by atoms with Crippen LogP contribution < -0.4 is 5.32 Å². The van der Waals surface area contributed by atoms with Crippen LogP contribution >= 0.6 is 0 Å². The maximum Gasteiger partial charge on any atom is 0.254 e. The first-order chi connectivity index (χ1) is 12.2. The van der Waals surface area contributed by atoms with Crippen molar-refractivity contribution in [3.05, 3.63) is 47.8 Å². The molecule has 1 aromatic carbocycles. The summed E-state index contributed by atoms with van der Waals surface area (Å²) in [6.07, 6.45) is 5.33. The molecule has 6 heteroatoms. The molecule has 0 bridgehead atoms. The average molecular weight is 340 g/mol. The number of aromatic nitrogens is 2. The van der Waals surface area contributed by atoms with Crippen molar-refractivity contribution in [1.82, 2.24) is 20.0 Å². The van der Waals surface area contributed by atoms with E-state index in [0.717, 1.165) is 37.2 Å². The van der Waals surface area contributed by atoms with Gasteiger partial charge in [-0.1, -0.05) is 24.6 Å². The number of carbonyl (C=O) groups is 2. The Kier molecular flexibility index (Phi) is 5.48. The molecule has 1 N–H and O–H groups in total. The van der Waals surface area contributed by atoms with Gasteiger partial charge in [0.15, 0.2) is 0 Å². The van der Waals surface area contributed by atoms with Gasteiger partial charge in [-0.05, 0) is 31.9 Å². The van der Waals surface area contributed by atoms with E-state index in [0.29, 0.717) is 25.1 Å². The maximum absolute atomic E-state index is 12.4. The number of para-hydroxylation sites is 1. The lowest BCUT2D eigenvalue weighted by molar-refractivity contribution is -0.130. The molecular formula is C19H24N4O2. The number of hydrogen-bond donors (Lipinski definition) is 1. The Hall–Kier alpha value is -2.63. The number of rotatable bonds is 5. The van der Waals surface area contributed by atoms with Crippen LogP contribution in [0.2, 0.25) is 0 Å². The van der Waals surface area contributed by atoms with Crippen LogP contribution in [0.1, 0.15) is 41.7 Å². The van der Waals surface area contributed by atoms with Crippen LogP contribution in [0.5, 0.6) is 0 Å². The van der Waals surface area contributed by atoms with Crippen molar-refractivity contribution in [2.45, 2.75) is 32.6 Å². The van der Waals surface area contributed by atoms with Gasteiger partial charge >= 0.3 is 0 Å². The van der Waals surface area contributed by atoms with Gasteiger partial charge < -0.3 is 10.2 Å². The molecule has 1 aliphatic rings. The zero-order chi connectivity index (χ0) is 17.6. The van der Waals surface area contributed by atoms with Crippen molar-refractivity contribution in [3.8, 4) is 5.69 Å². The van der Waals surface area contributed by atoms with Crippen LogP contribution in [-0.4, -0.2) is 46.1 Å². The van der Waals surface area contributed by atoms with Gasteiger partial charge in [0.05, 0.1) is 23.1 Å². The van der Waals surface area contributed by atoms with E-state index in [9.17, 15) is 9.59 Å². The van der Waals surface area contributed by atoms with Crippen LogP contribution in [0.15, 0.2) is 36.5 Å².